The van der Waals surface area contributed by atoms with E-state index in [0.29, 0.717) is 27.1 Å². The van der Waals surface area contributed by atoms with Crippen molar-refractivity contribution >= 4 is 50.8 Å². The predicted octanol–water partition coefficient (Wildman–Crippen LogP) is 4.44. The molecule has 1 aliphatic rings. The number of piperidine rings is 1. The van der Waals surface area contributed by atoms with Crippen LogP contribution in [-0.4, -0.2) is 53.8 Å². The first-order chi connectivity index (χ1) is 18.3. The molecule has 0 aliphatic carbocycles. The van der Waals surface area contributed by atoms with Crippen molar-refractivity contribution in [3.8, 4) is 16.2 Å². The van der Waals surface area contributed by atoms with Crippen molar-refractivity contribution in [2.24, 2.45) is 5.92 Å². The number of carbonyl (C=O) groups is 3. The number of ether oxygens (including phenoxy) is 1. The van der Waals surface area contributed by atoms with Crippen molar-refractivity contribution < 1.29 is 29.3 Å². The van der Waals surface area contributed by atoms with Crippen molar-refractivity contribution in [3.63, 3.8) is 0 Å². The summed E-state index contributed by atoms with van der Waals surface area (Å²) in [6.45, 7) is 1.46. The van der Waals surface area contributed by atoms with Crippen molar-refractivity contribution in [1.29, 1.82) is 0 Å². The number of hydrogen-bond acceptors (Lipinski definition) is 7. The van der Waals surface area contributed by atoms with Crippen molar-refractivity contribution in [3.05, 3.63) is 69.5 Å². The second-order valence-corrected chi connectivity index (χ2v) is 10.7. The number of thiophene rings is 1. The lowest BCUT2D eigenvalue weighted by Crippen LogP contribution is -2.47. The van der Waals surface area contributed by atoms with Crippen molar-refractivity contribution in [2.45, 2.75) is 25.4 Å². The molecule has 11 heteroatoms. The molecule has 2 aromatic carbocycles. The Morgan fingerprint density at radius 3 is 2.50 bits per heavy atom. The van der Waals surface area contributed by atoms with Gasteiger partial charge in [-0.05, 0) is 71.0 Å². The van der Waals surface area contributed by atoms with Gasteiger partial charge in [-0.15, -0.1) is 11.3 Å². The molecule has 38 heavy (non-hydrogen) atoms. The highest BCUT2D eigenvalue weighted by Gasteiger charge is 2.30. The minimum absolute atomic E-state index is 0.0221. The molecule has 2 heterocycles. The Balaban J connectivity index is 1.58. The fourth-order valence-electron chi connectivity index (χ4n) is 4.39. The van der Waals surface area contributed by atoms with Gasteiger partial charge in [0.1, 0.15) is 6.04 Å². The van der Waals surface area contributed by atoms with Gasteiger partial charge in [0, 0.05) is 12.2 Å². The number of carboxylic acids is 2. The van der Waals surface area contributed by atoms with Crippen LogP contribution in [-0.2, 0) is 16.1 Å². The fraction of sp³-hybridized carbons (Fsp3) is 0.296. The van der Waals surface area contributed by atoms with E-state index in [1.54, 1.807) is 0 Å². The van der Waals surface area contributed by atoms with Gasteiger partial charge >= 0.3 is 11.9 Å². The number of carbonyl (C=O) groups excluding carboxylic acids is 1. The largest absolute Gasteiger partial charge is 0.479 e. The highest BCUT2D eigenvalue weighted by molar-refractivity contribution is 9.10. The normalized spacial score (nSPS) is 14.4. The molecular formula is C27H28BrN3O6S. The van der Waals surface area contributed by atoms with Crippen LogP contribution < -0.4 is 20.7 Å². The molecule has 1 fully saturated rings. The van der Waals surface area contributed by atoms with Crippen LogP contribution in [0.3, 0.4) is 0 Å². The van der Waals surface area contributed by atoms with Crippen LogP contribution in [0.4, 0.5) is 5.69 Å². The zero-order valence-corrected chi connectivity index (χ0v) is 22.8. The maximum absolute atomic E-state index is 13.3. The topological polar surface area (TPSA) is 137 Å². The maximum atomic E-state index is 13.3. The molecule has 4 rings (SSSR count). The minimum Gasteiger partial charge on any atom is -0.479 e. The van der Waals surface area contributed by atoms with E-state index in [0.717, 1.165) is 42.8 Å². The zero-order chi connectivity index (χ0) is 27.1. The van der Waals surface area contributed by atoms with E-state index < -0.39 is 24.6 Å². The minimum atomic E-state index is -1.21. The van der Waals surface area contributed by atoms with Crippen LogP contribution in [0.5, 0.6) is 5.75 Å². The van der Waals surface area contributed by atoms with Crippen molar-refractivity contribution in [2.75, 3.05) is 25.0 Å². The molecule has 0 bridgehead atoms. The SMILES string of the molecule is O=C(O)COc1c(C(=O)O)sc(-c2cccc(NC(C(=O)NCc3ccccc3)C3CCNCC3)c2)c1Br. The van der Waals surface area contributed by atoms with Gasteiger partial charge in [-0.2, -0.15) is 0 Å². The summed E-state index contributed by atoms with van der Waals surface area (Å²) in [5.74, 6) is -2.38. The lowest BCUT2D eigenvalue weighted by molar-refractivity contribution is -0.139. The third-order valence-corrected chi connectivity index (χ3v) is 8.46. The van der Waals surface area contributed by atoms with Gasteiger partial charge in [0.25, 0.3) is 0 Å². The van der Waals surface area contributed by atoms with Crippen molar-refractivity contribution in [1.82, 2.24) is 10.6 Å². The van der Waals surface area contributed by atoms with Crippen LogP contribution in [0.15, 0.2) is 59.1 Å². The summed E-state index contributed by atoms with van der Waals surface area (Å²) in [5, 5.41) is 28.4. The van der Waals surface area contributed by atoms with Crippen LogP contribution in [0.2, 0.25) is 0 Å². The van der Waals surface area contributed by atoms with E-state index in [4.69, 9.17) is 9.84 Å². The molecule has 0 spiro atoms. The number of aliphatic carboxylic acids is 1. The molecule has 1 aromatic heterocycles. The first kappa shape index (κ1) is 27.6. The van der Waals surface area contributed by atoms with Crippen LogP contribution in [0.1, 0.15) is 28.1 Å². The first-order valence-electron chi connectivity index (χ1n) is 12.1. The Morgan fingerprint density at radius 2 is 1.82 bits per heavy atom. The quantitative estimate of drug-likeness (QED) is 0.217. The first-order valence-corrected chi connectivity index (χ1v) is 13.7. The number of benzene rings is 2. The molecule has 1 unspecified atom stereocenters. The standard InChI is InChI=1S/C27H28BrN3O6S/c28-21-23(37-15-20(32)33)25(27(35)36)38-24(21)18-7-4-8-19(13-18)31-22(17-9-11-29-12-10-17)26(34)30-14-16-5-2-1-3-6-16/h1-8,13,17,22,29,31H,9-12,14-15H2,(H,30,34)(H,32,33)(H,35,36). The Kier molecular flexibility index (Phi) is 9.38. The monoisotopic (exact) mass is 601 g/mol. The van der Waals surface area contributed by atoms with Gasteiger partial charge in [0.05, 0.1) is 9.35 Å². The van der Waals surface area contributed by atoms with E-state index in [1.807, 2.05) is 54.6 Å². The number of rotatable bonds is 11. The van der Waals surface area contributed by atoms with Gasteiger partial charge in [0.15, 0.2) is 17.2 Å². The second kappa shape index (κ2) is 12.9. The van der Waals surface area contributed by atoms with Crippen LogP contribution in [0.25, 0.3) is 10.4 Å². The number of aromatic carboxylic acids is 1. The van der Waals surface area contributed by atoms with E-state index in [-0.39, 0.29) is 22.5 Å². The third-order valence-electron chi connectivity index (χ3n) is 6.24. The average molecular weight is 603 g/mol. The van der Waals surface area contributed by atoms with Crippen LogP contribution >= 0.6 is 27.3 Å². The molecule has 1 atom stereocenters. The van der Waals surface area contributed by atoms with Gasteiger partial charge < -0.3 is 30.9 Å². The van der Waals surface area contributed by atoms with Crippen LogP contribution in [0, 0.1) is 5.92 Å². The summed E-state index contributed by atoms with van der Waals surface area (Å²) < 4.78 is 5.64. The summed E-state index contributed by atoms with van der Waals surface area (Å²) in [7, 11) is 0. The Morgan fingerprint density at radius 1 is 1.08 bits per heavy atom. The number of nitrogens with one attached hydrogen (secondary N) is 3. The van der Waals surface area contributed by atoms with E-state index >= 15 is 0 Å². The number of carboxylic acid groups (broad SMARTS) is 2. The second-order valence-electron chi connectivity index (χ2n) is 8.88. The molecule has 3 aromatic rings. The molecular weight excluding hydrogens is 574 g/mol. The van der Waals surface area contributed by atoms with Gasteiger partial charge in [0.2, 0.25) is 5.91 Å². The Hall–Kier alpha value is -3.41. The zero-order valence-electron chi connectivity index (χ0n) is 20.4. The summed E-state index contributed by atoms with van der Waals surface area (Å²) in [6.07, 6.45) is 1.72. The molecule has 9 nitrogen and oxygen atoms in total. The predicted molar refractivity (Wildman–Crippen MR) is 149 cm³/mol. The maximum Gasteiger partial charge on any atom is 0.349 e. The molecule has 1 saturated heterocycles. The number of hydrogen-bond donors (Lipinski definition) is 5. The number of anilines is 1. The van der Waals surface area contributed by atoms with Gasteiger partial charge in [-0.25, -0.2) is 9.59 Å². The highest BCUT2D eigenvalue weighted by Crippen LogP contribution is 2.46. The van der Waals surface area contributed by atoms with Gasteiger partial charge in [-0.3, -0.25) is 4.79 Å². The average Bonchev–Trinajstić information content (AvgIpc) is 3.26. The summed E-state index contributed by atoms with van der Waals surface area (Å²) in [6, 6.07) is 16.7. The number of halogens is 1. The van der Waals surface area contributed by atoms with E-state index in [2.05, 4.69) is 31.9 Å². The Bertz CT molecular complexity index is 1290. The van der Waals surface area contributed by atoms with E-state index in [1.165, 1.54) is 0 Å². The summed E-state index contributed by atoms with van der Waals surface area (Å²) in [5.41, 5.74) is 2.43. The molecule has 1 amide bonds. The fourth-order valence-corrected chi connectivity index (χ4v) is 6.27. The van der Waals surface area contributed by atoms with E-state index in [9.17, 15) is 19.5 Å². The lowest BCUT2D eigenvalue weighted by atomic mass is 9.89. The molecule has 5 N–H and O–H groups in total. The van der Waals surface area contributed by atoms with Gasteiger partial charge in [-0.1, -0.05) is 42.5 Å². The highest BCUT2D eigenvalue weighted by atomic mass is 79.9. The third kappa shape index (κ3) is 6.91. The smallest absolute Gasteiger partial charge is 0.349 e. The summed E-state index contributed by atoms with van der Waals surface area (Å²) >= 11 is 4.39. The summed E-state index contributed by atoms with van der Waals surface area (Å²) in [4.78, 5) is 36.6. The molecule has 0 saturated carbocycles. The lowest BCUT2D eigenvalue weighted by Gasteiger charge is -2.31. The molecule has 0 radical (unpaired) electrons. The molecule has 1 aliphatic heterocycles. The molecule has 200 valence electrons. The number of amides is 1. The Labute approximate surface area is 232 Å².